The third kappa shape index (κ3) is 5.50. The van der Waals surface area contributed by atoms with E-state index in [-0.39, 0.29) is 5.41 Å². The summed E-state index contributed by atoms with van der Waals surface area (Å²) in [7, 11) is 0. The minimum Gasteiger partial charge on any atom is -0.453 e. The smallest absolute Gasteiger partial charge is 0.152 e. The monoisotopic (exact) mass is 744 g/mol. The van der Waals surface area contributed by atoms with Crippen LogP contribution in [0.15, 0.2) is 206 Å². The first kappa shape index (κ1) is 33.9. The van der Waals surface area contributed by atoms with Crippen molar-refractivity contribution in [2.45, 2.75) is 19.3 Å². The Morgan fingerprint density at radius 1 is 0.397 bits per heavy atom. The standard InChI is InChI=1S/C55H40N2O/c1-55(2)48-25-11-12-26-50(48)57-53-47-24-10-9-17-39(47)29-32-51(53)58-52-36-43(35-49(55)54(52)57)41-19-13-18-40(33-41)42-20-14-23-46(34-42)56(44-21-7-4-8-22-44)45-30-27-38(28-31-45)37-15-5-3-6-16-37/h3-36H,1-2H3. The van der Waals surface area contributed by atoms with Crippen molar-refractivity contribution in [1.29, 1.82) is 0 Å². The largest absolute Gasteiger partial charge is 0.453 e. The molecule has 9 aromatic rings. The molecule has 0 N–H and O–H groups in total. The van der Waals surface area contributed by atoms with E-state index >= 15 is 0 Å². The van der Waals surface area contributed by atoms with Crippen molar-refractivity contribution in [3.8, 4) is 44.9 Å². The highest BCUT2D eigenvalue weighted by Gasteiger charge is 2.42. The van der Waals surface area contributed by atoms with E-state index in [2.05, 4.69) is 230 Å². The first-order valence-corrected chi connectivity index (χ1v) is 20.0. The van der Waals surface area contributed by atoms with Gasteiger partial charge in [0.05, 0.1) is 17.1 Å². The Kier molecular flexibility index (Phi) is 7.84. The number of rotatable bonds is 6. The second-order valence-electron chi connectivity index (χ2n) is 15.8. The fourth-order valence-corrected chi connectivity index (χ4v) is 9.08. The molecule has 0 amide bonds. The molecule has 0 saturated carbocycles. The van der Waals surface area contributed by atoms with Crippen molar-refractivity contribution in [3.63, 3.8) is 0 Å². The van der Waals surface area contributed by atoms with Crippen LogP contribution in [-0.2, 0) is 5.41 Å². The second-order valence-corrected chi connectivity index (χ2v) is 15.8. The molecule has 2 aliphatic heterocycles. The lowest BCUT2D eigenvalue weighted by atomic mass is 9.72. The maximum atomic E-state index is 6.93. The van der Waals surface area contributed by atoms with Crippen LogP contribution in [0.25, 0.3) is 44.2 Å². The molecule has 0 unspecified atom stereocenters. The maximum absolute atomic E-state index is 6.93. The number of anilines is 6. The van der Waals surface area contributed by atoms with Crippen LogP contribution in [-0.4, -0.2) is 0 Å². The quantitative estimate of drug-likeness (QED) is 0.169. The summed E-state index contributed by atoms with van der Waals surface area (Å²) in [5, 5.41) is 2.38. The molecule has 3 nitrogen and oxygen atoms in total. The number of nitrogens with zero attached hydrogens (tertiary/aromatic N) is 2. The second kappa shape index (κ2) is 13.4. The number of hydrogen-bond acceptors (Lipinski definition) is 3. The molecular formula is C55H40N2O. The number of para-hydroxylation sites is 2. The van der Waals surface area contributed by atoms with Gasteiger partial charge in [-0.05, 0) is 117 Å². The molecule has 0 saturated heterocycles. The van der Waals surface area contributed by atoms with Crippen molar-refractivity contribution in [3.05, 3.63) is 217 Å². The summed E-state index contributed by atoms with van der Waals surface area (Å²) in [6, 6.07) is 74.2. The lowest BCUT2D eigenvalue weighted by Gasteiger charge is -2.45. The molecule has 0 bridgehead atoms. The van der Waals surface area contributed by atoms with Gasteiger partial charge in [0.25, 0.3) is 0 Å². The molecule has 9 aromatic carbocycles. The summed E-state index contributed by atoms with van der Waals surface area (Å²) >= 11 is 0. The van der Waals surface area contributed by atoms with Gasteiger partial charge in [-0.1, -0.05) is 153 Å². The van der Waals surface area contributed by atoms with E-state index in [0.29, 0.717) is 0 Å². The van der Waals surface area contributed by atoms with Crippen LogP contribution in [0.3, 0.4) is 0 Å². The Hall–Kier alpha value is -7.36. The Morgan fingerprint density at radius 2 is 1.00 bits per heavy atom. The summed E-state index contributed by atoms with van der Waals surface area (Å²) in [5.41, 5.74) is 16.0. The van der Waals surface area contributed by atoms with Crippen LogP contribution < -0.4 is 14.5 Å². The third-order valence-electron chi connectivity index (χ3n) is 12.0. The topological polar surface area (TPSA) is 15.7 Å². The lowest BCUT2D eigenvalue weighted by Crippen LogP contribution is -2.32. The molecule has 3 heteroatoms. The van der Waals surface area contributed by atoms with Crippen LogP contribution >= 0.6 is 0 Å². The van der Waals surface area contributed by atoms with Crippen molar-refractivity contribution < 1.29 is 4.74 Å². The van der Waals surface area contributed by atoms with E-state index in [4.69, 9.17) is 4.74 Å². The van der Waals surface area contributed by atoms with Gasteiger partial charge in [-0.15, -0.1) is 0 Å². The van der Waals surface area contributed by atoms with Crippen molar-refractivity contribution in [2.24, 2.45) is 0 Å². The molecule has 0 aliphatic carbocycles. The number of benzene rings is 9. The molecule has 0 aromatic heterocycles. The third-order valence-corrected chi connectivity index (χ3v) is 12.0. The van der Waals surface area contributed by atoms with E-state index in [9.17, 15) is 0 Å². The maximum Gasteiger partial charge on any atom is 0.152 e. The van der Waals surface area contributed by atoms with Crippen molar-refractivity contribution >= 4 is 44.9 Å². The molecule has 276 valence electrons. The minimum absolute atomic E-state index is 0.259. The normalized spacial score (nSPS) is 13.2. The molecule has 0 radical (unpaired) electrons. The van der Waals surface area contributed by atoms with Gasteiger partial charge in [0, 0.05) is 27.9 Å². The first-order valence-electron chi connectivity index (χ1n) is 20.0. The fraction of sp³-hybridized carbons (Fsp3) is 0.0545. The fourth-order valence-electron chi connectivity index (χ4n) is 9.08. The van der Waals surface area contributed by atoms with E-state index in [0.717, 1.165) is 62.2 Å². The molecule has 0 fully saturated rings. The highest BCUT2D eigenvalue weighted by molar-refractivity contribution is 6.06. The number of hydrogen-bond donors (Lipinski definition) is 0. The summed E-state index contributed by atoms with van der Waals surface area (Å²) in [6.07, 6.45) is 0. The Balaban J connectivity index is 1.01. The zero-order valence-corrected chi connectivity index (χ0v) is 32.4. The number of fused-ring (bicyclic) bond motifs is 6. The van der Waals surface area contributed by atoms with Crippen LogP contribution in [0.4, 0.5) is 34.1 Å². The Morgan fingerprint density at radius 3 is 1.81 bits per heavy atom. The lowest BCUT2D eigenvalue weighted by molar-refractivity contribution is 0.472. The highest BCUT2D eigenvalue weighted by atomic mass is 16.5. The molecule has 2 heterocycles. The van der Waals surface area contributed by atoms with Crippen molar-refractivity contribution in [2.75, 3.05) is 9.80 Å². The van der Waals surface area contributed by atoms with Crippen LogP contribution in [0.5, 0.6) is 11.5 Å². The summed E-state index contributed by atoms with van der Waals surface area (Å²) in [6.45, 7) is 4.69. The average molecular weight is 745 g/mol. The molecule has 0 atom stereocenters. The SMILES string of the molecule is CC1(C)c2ccccc2N2c3c(cc(-c4cccc(-c5cccc(N(c6ccccc6)c6ccc(-c7ccccc7)cc6)c5)c4)cc31)Oc1ccc3ccccc3c12. The van der Waals surface area contributed by atoms with E-state index in [1.54, 1.807) is 0 Å². The van der Waals surface area contributed by atoms with Gasteiger partial charge in [0.2, 0.25) is 0 Å². The molecule has 0 spiro atoms. The summed E-state index contributed by atoms with van der Waals surface area (Å²) < 4.78 is 6.93. The van der Waals surface area contributed by atoms with Gasteiger partial charge in [0.1, 0.15) is 0 Å². The van der Waals surface area contributed by atoms with Gasteiger partial charge in [-0.3, -0.25) is 0 Å². The average Bonchev–Trinajstić information content (AvgIpc) is 3.28. The molecule has 58 heavy (non-hydrogen) atoms. The van der Waals surface area contributed by atoms with Gasteiger partial charge < -0.3 is 14.5 Å². The highest BCUT2D eigenvalue weighted by Crippen LogP contribution is 2.62. The van der Waals surface area contributed by atoms with Crippen LogP contribution in [0.1, 0.15) is 25.0 Å². The van der Waals surface area contributed by atoms with E-state index in [1.165, 1.54) is 38.7 Å². The Bertz CT molecular complexity index is 3010. The number of ether oxygens (including phenoxy) is 1. The predicted molar refractivity (Wildman–Crippen MR) is 242 cm³/mol. The minimum atomic E-state index is -0.259. The predicted octanol–water partition coefficient (Wildman–Crippen LogP) is 15.5. The van der Waals surface area contributed by atoms with Gasteiger partial charge >= 0.3 is 0 Å². The van der Waals surface area contributed by atoms with Gasteiger partial charge in [-0.2, -0.15) is 0 Å². The molecule has 2 aliphatic rings. The molecule has 11 rings (SSSR count). The van der Waals surface area contributed by atoms with Gasteiger partial charge in [-0.25, -0.2) is 0 Å². The first-order chi connectivity index (χ1) is 28.5. The zero-order chi connectivity index (χ0) is 38.8. The molecular weight excluding hydrogens is 705 g/mol. The Labute approximate surface area is 339 Å². The summed E-state index contributed by atoms with van der Waals surface area (Å²) in [4.78, 5) is 4.78. The van der Waals surface area contributed by atoms with Crippen LogP contribution in [0, 0.1) is 0 Å². The van der Waals surface area contributed by atoms with E-state index in [1.807, 2.05) is 0 Å². The van der Waals surface area contributed by atoms with E-state index < -0.39 is 0 Å². The van der Waals surface area contributed by atoms with Gasteiger partial charge in [0.15, 0.2) is 11.5 Å². The summed E-state index contributed by atoms with van der Waals surface area (Å²) in [5.74, 6) is 1.74. The van der Waals surface area contributed by atoms with Crippen molar-refractivity contribution in [1.82, 2.24) is 0 Å². The van der Waals surface area contributed by atoms with Crippen LogP contribution in [0.2, 0.25) is 0 Å². The zero-order valence-electron chi connectivity index (χ0n) is 32.4.